The van der Waals surface area contributed by atoms with Crippen molar-refractivity contribution in [3.05, 3.63) is 76.5 Å². The standard InChI is InChI=1S/C28H27FN2O4S/c1-28(2,3)17-12-21(19-15-36-26-18(19)7-6-8-20(26)29)31-22(13-17)23(32)14-30-27(33)16-9-10-24(34-4)25(11-16)35-5/h6-13,15H,14H2,1-5H3,(H,30,33). The molecular weight excluding hydrogens is 479 g/mol. The molecule has 2 heterocycles. The molecule has 0 saturated heterocycles. The van der Waals surface area contributed by atoms with Gasteiger partial charge in [0.05, 0.1) is 31.2 Å². The molecule has 0 aliphatic carbocycles. The maximum absolute atomic E-state index is 14.3. The van der Waals surface area contributed by atoms with E-state index in [2.05, 4.69) is 10.3 Å². The second-order valence-electron chi connectivity index (χ2n) is 9.32. The molecule has 0 fully saturated rings. The van der Waals surface area contributed by atoms with Crippen molar-refractivity contribution in [2.75, 3.05) is 20.8 Å². The zero-order valence-corrected chi connectivity index (χ0v) is 21.6. The van der Waals surface area contributed by atoms with Crippen molar-refractivity contribution in [2.24, 2.45) is 0 Å². The molecule has 4 rings (SSSR count). The summed E-state index contributed by atoms with van der Waals surface area (Å²) in [4.78, 5) is 30.5. The minimum atomic E-state index is -0.421. The number of amides is 1. The molecule has 0 bridgehead atoms. The van der Waals surface area contributed by atoms with Crippen molar-refractivity contribution in [2.45, 2.75) is 26.2 Å². The predicted molar refractivity (Wildman–Crippen MR) is 140 cm³/mol. The molecular formula is C28H27FN2O4S. The van der Waals surface area contributed by atoms with Crippen LogP contribution in [0.25, 0.3) is 21.3 Å². The van der Waals surface area contributed by atoms with Crippen LogP contribution in [0.3, 0.4) is 0 Å². The third kappa shape index (κ3) is 5.09. The van der Waals surface area contributed by atoms with E-state index < -0.39 is 5.91 Å². The van der Waals surface area contributed by atoms with Crippen molar-refractivity contribution in [1.82, 2.24) is 10.3 Å². The van der Waals surface area contributed by atoms with Gasteiger partial charge in [-0.05, 0) is 47.4 Å². The number of ketones is 1. The van der Waals surface area contributed by atoms with Gasteiger partial charge in [0, 0.05) is 21.9 Å². The number of halogens is 1. The molecule has 4 aromatic rings. The Morgan fingerprint density at radius 2 is 1.78 bits per heavy atom. The van der Waals surface area contributed by atoms with E-state index in [-0.39, 0.29) is 29.3 Å². The van der Waals surface area contributed by atoms with Gasteiger partial charge in [-0.2, -0.15) is 0 Å². The number of hydrogen-bond acceptors (Lipinski definition) is 6. The van der Waals surface area contributed by atoms with E-state index in [1.165, 1.54) is 31.6 Å². The smallest absolute Gasteiger partial charge is 0.251 e. The summed E-state index contributed by atoms with van der Waals surface area (Å²) in [6.45, 7) is 5.91. The van der Waals surface area contributed by atoms with E-state index >= 15 is 0 Å². The summed E-state index contributed by atoms with van der Waals surface area (Å²) in [6.07, 6.45) is 0. The number of methoxy groups -OCH3 is 2. The number of pyridine rings is 1. The van der Waals surface area contributed by atoms with E-state index in [0.717, 1.165) is 16.5 Å². The molecule has 0 aliphatic heterocycles. The Labute approximate surface area is 213 Å². The molecule has 0 radical (unpaired) electrons. The quantitative estimate of drug-likeness (QED) is 0.310. The third-order valence-corrected chi connectivity index (χ3v) is 6.86. The Morgan fingerprint density at radius 1 is 1.03 bits per heavy atom. The first kappa shape index (κ1) is 25.3. The summed E-state index contributed by atoms with van der Waals surface area (Å²) in [5, 5.41) is 5.27. The zero-order chi connectivity index (χ0) is 26.0. The number of ether oxygens (including phenoxy) is 2. The van der Waals surface area contributed by atoms with Gasteiger partial charge in [-0.25, -0.2) is 9.37 Å². The first-order chi connectivity index (χ1) is 17.1. The predicted octanol–water partition coefficient (Wildman–Crippen LogP) is 6.03. The van der Waals surface area contributed by atoms with Gasteiger partial charge in [-0.15, -0.1) is 11.3 Å². The summed E-state index contributed by atoms with van der Waals surface area (Å²) < 4.78 is 25.3. The summed E-state index contributed by atoms with van der Waals surface area (Å²) in [7, 11) is 3.00. The molecule has 1 N–H and O–H groups in total. The maximum Gasteiger partial charge on any atom is 0.251 e. The number of Topliss-reactive ketones (excluding diaryl/α,β-unsaturated/α-hetero) is 1. The van der Waals surface area contributed by atoms with Crippen LogP contribution in [0.2, 0.25) is 0 Å². The molecule has 2 aromatic heterocycles. The van der Waals surface area contributed by atoms with Crippen LogP contribution < -0.4 is 14.8 Å². The highest BCUT2D eigenvalue weighted by atomic mass is 32.1. The third-order valence-electron chi connectivity index (χ3n) is 5.86. The van der Waals surface area contributed by atoms with Crippen LogP contribution in [0.1, 0.15) is 47.2 Å². The van der Waals surface area contributed by atoms with Gasteiger partial charge in [0.2, 0.25) is 0 Å². The van der Waals surface area contributed by atoms with Crippen LogP contribution in [0, 0.1) is 5.82 Å². The number of fused-ring (bicyclic) bond motifs is 1. The number of nitrogens with one attached hydrogen (secondary N) is 1. The lowest BCUT2D eigenvalue weighted by atomic mass is 9.86. The number of carbonyl (C=O) groups excluding carboxylic acids is 2. The SMILES string of the molecule is COc1ccc(C(=O)NCC(=O)c2cc(C(C)(C)C)cc(-c3csc4c(F)cccc34)n2)cc1OC. The number of nitrogens with zero attached hydrogens (tertiary/aromatic N) is 1. The molecule has 8 heteroatoms. The Balaban J connectivity index is 1.63. The Morgan fingerprint density at radius 3 is 2.47 bits per heavy atom. The molecule has 1 amide bonds. The zero-order valence-electron chi connectivity index (χ0n) is 20.8. The van der Waals surface area contributed by atoms with Gasteiger partial charge in [0.1, 0.15) is 11.5 Å². The fourth-order valence-electron chi connectivity index (χ4n) is 3.80. The van der Waals surface area contributed by atoms with Crippen LogP contribution >= 0.6 is 11.3 Å². The molecule has 0 spiro atoms. The summed E-state index contributed by atoms with van der Waals surface area (Å²) in [5.74, 6) is -0.121. The van der Waals surface area contributed by atoms with Gasteiger partial charge >= 0.3 is 0 Å². The number of aromatic nitrogens is 1. The van der Waals surface area contributed by atoms with E-state index in [9.17, 15) is 14.0 Å². The Bertz CT molecular complexity index is 1460. The van der Waals surface area contributed by atoms with Crippen LogP contribution in [0.15, 0.2) is 53.9 Å². The van der Waals surface area contributed by atoms with Crippen molar-refractivity contribution in [3.63, 3.8) is 0 Å². The number of carbonyl (C=O) groups is 2. The highest BCUT2D eigenvalue weighted by molar-refractivity contribution is 7.17. The Hall–Kier alpha value is -3.78. The van der Waals surface area contributed by atoms with E-state index in [1.54, 1.807) is 30.3 Å². The average Bonchev–Trinajstić information content (AvgIpc) is 3.31. The minimum Gasteiger partial charge on any atom is -0.493 e. The van der Waals surface area contributed by atoms with Crippen LogP contribution in [0.5, 0.6) is 11.5 Å². The maximum atomic E-state index is 14.3. The number of hydrogen-bond donors (Lipinski definition) is 1. The van der Waals surface area contributed by atoms with Crippen molar-refractivity contribution in [3.8, 4) is 22.8 Å². The van der Waals surface area contributed by atoms with E-state index in [1.807, 2.05) is 38.3 Å². The van der Waals surface area contributed by atoms with Crippen LogP contribution in [-0.4, -0.2) is 37.4 Å². The topological polar surface area (TPSA) is 77.5 Å². The molecule has 0 unspecified atom stereocenters. The highest BCUT2D eigenvalue weighted by Crippen LogP contribution is 2.36. The van der Waals surface area contributed by atoms with Gasteiger partial charge in [-0.1, -0.05) is 32.9 Å². The second-order valence-corrected chi connectivity index (χ2v) is 10.2. The van der Waals surface area contributed by atoms with Crippen LogP contribution in [-0.2, 0) is 5.41 Å². The highest BCUT2D eigenvalue weighted by Gasteiger charge is 2.21. The average molecular weight is 507 g/mol. The number of thiophene rings is 1. The van der Waals surface area contributed by atoms with Gasteiger partial charge in [0.15, 0.2) is 17.3 Å². The fourth-order valence-corrected chi connectivity index (χ4v) is 4.76. The largest absolute Gasteiger partial charge is 0.493 e. The number of benzene rings is 2. The summed E-state index contributed by atoms with van der Waals surface area (Å²) in [5.41, 5.74) is 2.59. The molecule has 186 valence electrons. The summed E-state index contributed by atoms with van der Waals surface area (Å²) >= 11 is 1.30. The molecule has 6 nitrogen and oxygen atoms in total. The first-order valence-electron chi connectivity index (χ1n) is 11.3. The van der Waals surface area contributed by atoms with E-state index in [0.29, 0.717) is 27.5 Å². The lowest BCUT2D eigenvalue weighted by Crippen LogP contribution is -2.30. The molecule has 2 aromatic carbocycles. The Kier molecular flexibility index (Phi) is 7.08. The monoisotopic (exact) mass is 506 g/mol. The van der Waals surface area contributed by atoms with Crippen LogP contribution in [0.4, 0.5) is 4.39 Å². The molecule has 0 atom stereocenters. The molecule has 0 saturated carbocycles. The van der Waals surface area contributed by atoms with Gasteiger partial charge in [0.25, 0.3) is 5.91 Å². The van der Waals surface area contributed by atoms with Crippen molar-refractivity contribution < 1.29 is 23.5 Å². The lowest BCUT2D eigenvalue weighted by molar-refractivity contribution is 0.0902. The first-order valence-corrected chi connectivity index (χ1v) is 12.2. The second kappa shape index (κ2) is 10.1. The van der Waals surface area contributed by atoms with Crippen molar-refractivity contribution >= 4 is 33.1 Å². The number of rotatable bonds is 7. The normalized spacial score (nSPS) is 11.4. The van der Waals surface area contributed by atoms with Gasteiger partial charge < -0.3 is 14.8 Å². The molecule has 0 aliphatic rings. The fraction of sp³-hybridized carbons (Fsp3) is 0.250. The van der Waals surface area contributed by atoms with Gasteiger partial charge in [-0.3, -0.25) is 9.59 Å². The van der Waals surface area contributed by atoms with E-state index in [4.69, 9.17) is 9.47 Å². The van der Waals surface area contributed by atoms with Crippen molar-refractivity contribution in [1.29, 1.82) is 0 Å². The minimum absolute atomic E-state index is 0.230. The summed E-state index contributed by atoms with van der Waals surface area (Å²) in [6, 6.07) is 13.4. The molecule has 36 heavy (non-hydrogen) atoms. The lowest BCUT2D eigenvalue weighted by Gasteiger charge is -2.20.